The average molecular weight is 244 g/mol. The van der Waals surface area contributed by atoms with Gasteiger partial charge in [0.1, 0.15) is 0 Å². The summed E-state index contributed by atoms with van der Waals surface area (Å²) in [4.78, 5) is 8.51. The molecule has 3 aromatic rings. The van der Waals surface area contributed by atoms with Gasteiger partial charge in [-0.3, -0.25) is 0 Å². The Kier molecular flexibility index (Phi) is 2.47. The van der Waals surface area contributed by atoms with Crippen LogP contribution in [0.4, 0.5) is 0 Å². The van der Waals surface area contributed by atoms with Gasteiger partial charge in [0.2, 0.25) is 5.88 Å². The Morgan fingerprint density at radius 2 is 2.06 bits per heavy atom. The summed E-state index contributed by atoms with van der Waals surface area (Å²) < 4.78 is 12.2. The number of methoxy groups -OCH3 is 1. The summed E-state index contributed by atoms with van der Waals surface area (Å²) >= 11 is 0. The zero-order valence-corrected chi connectivity index (χ0v) is 10.1. The lowest BCUT2D eigenvalue weighted by Gasteiger charge is -2.04. The predicted molar refractivity (Wildman–Crippen MR) is 66.0 cm³/mol. The third-order valence-electron chi connectivity index (χ3n) is 2.60. The normalized spacial score (nSPS) is 11.0. The fourth-order valence-corrected chi connectivity index (χ4v) is 1.86. The third-order valence-corrected chi connectivity index (χ3v) is 2.60. The van der Waals surface area contributed by atoms with Crippen molar-refractivity contribution in [3.8, 4) is 11.9 Å². The minimum atomic E-state index is 0.323. The maximum Gasteiger partial charge on any atom is 0.337 e. The summed E-state index contributed by atoms with van der Waals surface area (Å²) in [6, 6.07) is 8.06. The molecule has 0 radical (unpaired) electrons. The van der Waals surface area contributed by atoms with Crippen LogP contribution in [0.2, 0.25) is 0 Å². The Balaban J connectivity index is 2.36. The van der Waals surface area contributed by atoms with Crippen molar-refractivity contribution in [1.29, 1.82) is 0 Å². The second-order valence-electron chi connectivity index (χ2n) is 3.68. The lowest BCUT2D eigenvalue weighted by Crippen LogP contribution is -1.97. The Labute approximate surface area is 103 Å². The van der Waals surface area contributed by atoms with E-state index < -0.39 is 0 Å². The highest BCUT2D eigenvalue weighted by molar-refractivity contribution is 5.85. The topological polar surface area (TPSA) is 61.5 Å². The Hall–Kier alpha value is -2.37. The lowest BCUT2D eigenvalue weighted by molar-refractivity contribution is 0.313. The van der Waals surface area contributed by atoms with Gasteiger partial charge in [-0.25, -0.2) is 0 Å². The molecule has 0 atom stereocenters. The molecule has 0 aliphatic carbocycles. The van der Waals surface area contributed by atoms with E-state index in [0.29, 0.717) is 24.3 Å². The fraction of sp³-hybridized carbons (Fsp3) is 0.250. The van der Waals surface area contributed by atoms with E-state index in [4.69, 9.17) is 9.47 Å². The van der Waals surface area contributed by atoms with Crippen LogP contribution >= 0.6 is 0 Å². The molecule has 1 aromatic carbocycles. The fourth-order valence-electron chi connectivity index (χ4n) is 1.86. The molecule has 0 fully saturated rings. The molecule has 0 amide bonds. The SMILES string of the molecule is CCOc1nc2nc(OC)c3ccccc3n2n1. The van der Waals surface area contributed by atoms with Gasteiger partial charge < -0.3 is 9.47 Å². The van der Waals surface area contributed by atoms with Crippen LogP contribution in [0, 0.1) is 0 Å². The van der Waals surface area contributed by atoms with E-state index >= 15 is 0 Å². The van der Waals surface area contributed by atoms with E-state index in [1.807, 2.05) is 31.2 Å². The lowest BCUT2D eigenvalue weighted by atomic mass is 10.2. The number of hydrogen-bond donors (Lipinski definition) is 0. The first-order valence-electron chi connectivity index (χ1n) is 5.65. The maximum atomic E-state index is 5.29. The van der Waals surface area contributed by atoms with Gasteiger partial charge in [0, 0.05) is 0 Å². The van der Waals surface area contributed by atoms with Crippen LogP contribution in [-0.4, -0.2) is 33.3 Å². The number of rotatable bonds is 3. The molecule has 0 bridgehead atoms. The van der Waals surface area contributed by atoms with E-state index in [-0.39, 0.29) is 0 Å². The first kappa shape index (κ1) is 10.8. The molecule has 2 heterocycles. The minimum Gasteiger partial charge on any atom is -0.480 e. The van der Waals surface area contributed by atoms with Crippen LogP contribution in [0.1, 0.15) is 6.92 Å². The van der Waals surface area contributed by atoms with Gasteiger partial charge in [0.15, 0.2) is 0 Å². The van der Waals surface area contributed by atoms with Crippen LogP contribution in [0.3, 0.4) is 0 Å². The Morgan fingerprint density at radius 3 is 2.83 bits per heavy atom. The number of hydrogen-bond acceptors (Lipinski definition) is 5. The van der Waals surface area contributed by atoms with Gasteiger partial charge in [-0.15, -0.1) is 5.10 Å². The van der Waals surface area contributed by atoms with Gasteiger partial charge in [-0.2, -0.15) is 14.5 Å². The number of nitrogens with zero attached hydrogens (tertiary/aromatic N) is 4. The van der Waals surface area contributed by atoms with E-state index in [1.165, 1.54) is 0 Å². The standard InChI is InChI=1S/C12H12N4O2/c1-3-18-12-14-11-13-10(17-2)8-6-4-5-7-9(8)16(11)15-12/h4-7H,3H2,1-2H3. The molecule has 0 aliphatic rings. The van der Waals surface area contributed by atoms with Crippen molar-refractivity contribution in [3.05, 3.63) is 24.3 Å². The zero-order chi connectivity index (χ0) is 12.5. The number of aromatic nitrogens is 4. The van der Waals surface area contributed by atoms with Gasteiger partial charge >= 0.3 is 6.01 Å². The van der Waals surface area contributed by atoms with Crippen LogP contribution in [-0.2, 0) is 0 Å². The second kappa shape index (κ2) is 4.14. The number of fused-ring (bicyclic) bond motifs is 3. The Morgan fingerprint density at radius 1 is 1.22 bits per heavy atom. The zero-order valence-electron chi connectivity index (χ0n) is 10.1. The summed E-state index contributed by atoms with van der Waals surface area (Å²) in [5, 5.41) is 5.16. The molecule has 0 spiro atoms. The van der Waals surface area contributed by atoms with Crippen molar-refractivity contribution in [2.45, 2.75) is 6.92 Å². The second-order valence-corrected chi connectivity index (χ2v) is 3.68. The average Bonchev–Trinajstić information content (AvgIpc) is 2.81. The van der Waals surface area contributed by atoms with E-state index in [0.717, 1.165) is 10.9 Å². The molecule has 0 saturated heterocycles. The van der Waals surface area contributed by atoms with E-state index in [2.05, 4.69) is 15.1 Å². The molecule has 0 aliphatic heterocycles. The summed E-state index contributed by atoms with van der Waals surface area (Å²) in [5.41, 5.74) is 0.887. The number of benzene rings is 1. The summed E-state index contributed by atoms with van der Waals surface area (Å²) in [6.45, 7) is 2.41. The Bertz CT molecular complexity index is 708. The monoisotopic (exact) mass is 244 g/mol. The molecule has 0 saturated carbocycles. The maximum absolute atomic E-state index is 5.29. The minimum absolute atomic E-state index is 0.323. The van der Waals surface area contributed by atoms with E-state index in [1.54, 1.807) is 11.6 Å². The summed E-state index contributed by atoms with van der Waals surface area (Å²) in [6.07, 6.45) is 0. The van der Waals surface area contributed by atoms with Crippen LogP contribution < -0.4 is 9.47 Å². The van der Waals surface area contributed by atoms with Crippen LogP contribution in [0.25, 0.3) is 16.7 Å². The predicted octanol–water partition coefficient (Wildman–Crippen LogP) is 1.68. The van der Waals surface area contributed by atoms with Crippen molar-refractivity contribution in [3.63, 3.8) is 0 Å². The first-order chi connectivity index (χ1) is 8.83. The molecular formula is C12H12N4O2. The first-order valence-corrected chi connectivity index (χ1v) is 5.65. The van der Waals surface area contributed by atoms with Crippen molar-refractivity contribution >= 4 is 16.7 Å². The van der Waals surface area contributed by atoms with Crippen LogP contribution in [0.5, 0.6) is 11.9 Å². The molecule has 6 nitrogen and oxygen atoms in total. The molecule has 3 rings (SSSR count). The largest absolute Gasteiger partial charge is 0.480 e. The number of para-hydroxylation sites is 1. The van der Waals surface area contributed by atoms with Gasteiger partial charge in [0.25, 0.3) is 5.78 Å². The smallest absolute Gasteiger partial charge is 0.337 e. The third kappa shape index (κ3) is 1.54. The van der Waals surface area contributed by atoms with Crippen molar-refractivity contribution in [2.24, 2.45) is 0 Å². The molecule has 92 valence electrons. The van der Waals surface area contributed by atoms with Crippen LogP contribution in [0.15, 0.2) is 24.3 Å². The number of ether oxygens (including phenoxy) is 2. The molecule has 2 aromatic heterocycles. The summed E-state index contributed by atoms with van der Waals surface area (Å²) in [7, 11) is 1.59. The van der Waals surface area contributed by atoms with Gasteiger partial charge in [-0.05, 0) is 19.1 Å². The highest BCUT2D eigenvalue weighted by atomic mass is 16.5. The molecular weight excluding hydrogens is 232 g/mol. The summed E-state index contributed by atoms with van der Waals surface area (Å²) in [5.74, 6) is 1.00. The highest BCUT2D eigenvalue weighted by Gasteiger charge is 2.12. The van der Waals surface area contributed by atoms with Crippen molar-refractivity contribution < 1.29 is 9.47 Å². The molecule has 6 heteroatoms. The van der Waals surface area contributed by atoms with Gasteiger partial charge in [0.05, 0.1) is 24.6 Å². The van der Waals surface area contributed by atoms with Gasteiger partial charge in [-0.1, -0.05) is 12.1 Å². The molecule has 18 heavy (non-hydrogen) atoms. The highest BCUT2D eigenvalue weighted by Crippen LogP contribution is 2.24. The molecule has 0 unspecified atom stereocenters. The quantitative estimate of drug-likeness (QED) is 0.701. The van der Waals surface area contributed by atoms with Crippen molar-refractivity contribution in [1.82, 2.24) is 19.6 Å². The van der Waals surface area contributed by atoms with Crippen molar-refractivity contribution in [2.75, 3.05) is 13.7 Å². The molecule has 0 N–H and O–H groups in total. The van der Waals surface area contributed by atoms with E-state index in [9.17, 15) is 0 Å².